The van der Waals surface area contributed by atoms with Crippen LogP contribution in [0.25, 0.3) is 22.2 Å². The number of fused-ring (bicyclic) bond motifs is 2. The van der Waals surface area contributed by atoms with Gasteiger partial charge in [0.15, 0.2) is 0 Å². The van der Waals surface area contributed by atoms with E-state index in [2.05, 4.69) is 52.2 Å². The fraction of sp³-hybridized carbons (Fsp3) is 0.217. The summed E-state index contributed by atoms with van der Waals surface area (Å²) in [4.78, 5) is 11.0. The predicted molar refractivity (Wildman–Crippen MR) is 108 cm³/mol. The molecule has 0 saturated heterocycles. The van der Waals surface area contributed by atoms with Gasteiger partial charge < -0.3 is 14.1 Å². The van der Waals surface area contributed by atoms with Gasteiger partial charge in [0.05, 0.1) is 25.3 Å². The Balaban J connectivity index is 1.66. The molecule has 3 heterocycles. The van der Waals surface area contributed by atoms with E-state index in [0.717, 1.165) is 41.1 Å². The van der Waals surface area contributed by atoms with Crippen LogP contribution in [-0.4, -0.2) is 35.6 Å². The van der Waals surface area contributed by atoms with Crippen LogP contribution in [0.3, 0.4) is 0 Å². The van der Waals surface area contributed by atoms with E-state index in [1.165, 1.54) is 16.7 Å². The number of rotatable bonds is 3. The third-order valence-electron chi connectivity index (χ3n) is 5.52. The molecule has 2 aromatic heterocycles. The molecule has 0 amide bonds. The lowest BCUT2D eigenvalue weighted by Crippen LogP contribution is -2.31. The molecule has 0 bridgehead atoms. The van der Waals surface area contributed by atoms with Crippen LogP contribution in [0.5, 0.6) is 5.75 Å². The van der Waals surface area contributed by atoms with E-state index in [0.29, 0.717) is 0 Å². The van der Waals surface area contributed by atoms with Gasteiger partial charge in [0, 0.05) is 47.9 Å². The summed E-state index contributed by atoms with van der Waals surface area (Å²) in [6, 6.07) is 12.8. The summed E-state index contributed by atoms with van der Waals surface area (Å²) in [6.07, 6.45) is 6.91. The molecular weight excluding hydrogens is 350 g/mol. The minimum Gasteiger partial charge on any atom is -0.496 e. The lowest BCUT2D eigenvalue weighted by Gasteiger charge is -2.34. The van der Waals surface area contributed by atoms with E-state index in [4.69, 9.17) is 9.15 Å². The highest BCUT2D eigenvalue weighted by atomic mass is 16.5. The van der Waals surface area contributed by atoms with Crippen LogP contribution in [0.15, 0.2) is 65.7 Å². The Bertz CT molecular complexity index is 1140. The van der Waals surface area contributed by atoms with Crippen LogP contribution in [0, 0.1) is 0 Å². The first-order valence-corrected chi connectivity index (χ1v) is 9.36. The molecule has 0 fully saturated rings. The summed E-state index contributed by atoms with van der Waals surface area (Å²) in [5, 5.41) is 1.13. The second-order valence-electron chi connectivity index (χ2n) is 7.27. The van der Waals surface area contributed by atoms with Gasteiger partial charge in [-0.2, -0.15) is 0 Å². The molecule has 0 N–H and O–H groups in total. The molecule has 0 saturated carbocycles. The number of nitrogens with zero attached hydrogens (tertiary/aromatic N) is 3. The maximum absolute atomic E-state index is 5.88. The van der Waals surface area contributed by atoms with Crippen molar-refractivity contribution < 1.29 is 9.15 Å². The maximum atomic E-state index is 5.88. The molecular formula is C23H21N3O2. The van der Waals surface area contributed by atoms with Gasteiger partial charge in [0.25, 0.3) is 0 Å². The van der Waals surface area contributed by atoms with Gasteiger partial charge in [-0.25, -0.2) is 0 Å². The third kappa shape index (κ3) is 2.75. The van der Waals surface area contributed by atoms with Crippen LogP contribution in [-0.2, 0) is 6.54 Å². The number of methoxy groups -OCH3 is 1. The van der Waals surface area contributed by atoms with Crippen molar-refractivity contribution in [2.75, 3.05) is 20.7 Å². The normalized spacial score (nSPS) is 16.9. The van der Waals surface area contributed by atoms with E-state index in [-0.39, 0.29) is 5.92 Å². The van der Waals surface area contributed by atoms with E-state index in [1.54, 1.807) is 32.0 Å². The minimum absolute atomic E-state index is 0.257. The van der Waals surface area contributed by atoms with Gasteiger partial charge in [0.1, 0.15) is 11.3 Å². The number of benzene rings is 2. The van der Waals surface area contributed by atoms with Crippen molar-refractivity contribution in [1.82, 2.24) is 14.9 Å². The summed E-state index contributed by atoms with van der Waals surface area (Å²) in [7, 11) is 3.88. The highest BCUT2D eigenvalue weighted by Gasteiger charge is 2.29. The molecule has 1 aliphatic heterocycles. The molecule has 5 heteroatoms. The first kappa shape index (κ1) is 17.0. The molecule has 1 atom stereocenters. The molecule has 2 aromatic carbocycles. The van der Waals surface area contributed by atoms with Gasteiger partial charge in [0.2, 0.25) is 0 Å². The van der Waals surface area contributed by atoms with Crippen molar-refractivity contribution in [2.24, 2.45) is 0 Å². The first-order chi connectivity index (χ1) is 13.7. The Morgan fingerprint density at radius 3 is 2.89 bits per heavy atom. The second kappa shape index (κ2) is 6.77. The molecule has 0 radical (unpaired) electrons. The third-order valence-corrected chi connectivity index (χ3v) is 5.52. The topological polar surface area (TPSA) is 51.4 Å². The lowest BCUT2D eigenvalue weighted by molar-refractivity contribution is 0.286. The summed E-state index contributed by atoms with van der Waals surface area (Å²) < 4.78 is 11.5. The van der Waals surface area contributed by atoms with Crippen LogP contribution in [0.4, 0.5) is 0 Å². The average molecular weight is 371 g/mol. The van der Waals surface area contributed by atoms with Crippen LogP contribution in [0.2, 0.25) is 0 Å². The largest absolute Gasteiger partial charge is 0.496 e. The zero-order valence-corrected chi connectivity index (χ0v) is 15.9. The van der Waals surface area contributed by atoms with Crippen molar-refractivity contribution in [3.63, 3.8) is 0 Å². The van der Waals surface area contributed by atoms with Gasteiger partial charge in [-0.15, -0.1) is 0 Å². The van der Waals surface area contributed by atoms with Crippen molar-refractivity contribution >= 4 is 11.0 Å². The van der Waals surface area contributed by atoms with E-state index in [1.807, 2.05) is 6.07 Å². The van der Waals surface area contributed by atoms with Crippen molar-refractivity contribution in [3.8, 4) is 17.0 Å². The number of likely N-dealkylation sites (N-methyl/N-ethyl adjacent to an activating group) is 1. The number of hydrogen-bond acceptors (Lipinski definition) is 5. The van der Waals surface area contributed by atoms with E-state index >= 15 is 0 Å². The Hall–Kier alpha value is -3.18. The molecule has 1 unspecified atom stereocenters. The van der Waals surface area contributed by atoms with Gasteiger partial charge in [-0.05, 0) is 36.4 Å². The number of hydrogen-bond donors (Lipinski definition) is 0. The van der Waals surface area contributed by atoms with E-state index < -0.39 is 0 Å². The second-order valence-corrected chi connectivity index (χ2v) is 7.27. The Kier molecular flexibility index (Phi) is 4.10. The van der Waals surface area contributed by atoms with Crippen LogP contribution >= 0.6 is 0 Å². The number of ether oxygens (including phenoxy) is 1. The fourth-order valence-electron chi connectivity index (χ4n) is 4.22. The van der Waals surface area contributed by atoms with Gasteiger partial charge in [-0.3, -0.25) is 9.97 Å². The highest BCUT2D eigenvalue weighted by Crippen LogP contribution is 2.42. The van der Waals surface area contributed by atoms with E-state index in [9.17, 15) is 0 Å². The molecule has 0 spiro atoms. The lowest BCUT2D eigenvalue weighted by atomic mass is 9.83. The summed E-state index contributed by atoms with van der Waals surface area (Å²) in [5.74, 6) is 1.14. The molecule has 5 rings (SSSR count). The monoisotopic (exact) mass is 371 g/mol. The van der Waals surface area contributed by atoms with Gasteiger partial charge in [-0.1, -0.05) is 18.2 Å². The molecule has 140 valence electrons. The van der Waals surface area contributed by atoms with Crippen molar-refractivity contribution in [1.29, 1.82) is 0 Å². The predicted octanol–water partition coefficient (Wildman–Crippen LogP) is 4.48. The quantitative estimate of drug-likeness (QED) is 0.532. The molecule has 0 aliphatic carbocycles. The van der Waals surface area contributed by atoms with Crippen molar-refractivity contribution in [2.45, 2.75) is 12.5 Å². The first-order valence-electron chi connectivity index (χ1n) is 9.36. The Morgan fingerprint density at radius 2 is 2.07 bits per heavy atom. The minimum atomic E-state index is 0.257. The van der Waals surface area contributed by atoms with Crippen LogP contribution < -0.4 is 4.74 Å². The zero-order chi connectivity index (χ0) is 19.1. The van der Waals surface area contributed by atoms with Crippen molar-refractivity contribution in [3.05, 3.63) is 77.9 Å². The molecule has 5 nitrogen and oxygen atoms in total. The zero-order valence-electron chi connectivity index (χ0n) is 15.9. The molecule has 28 heavy (non-hydrogen) atoms. The Labute approximate surface area is 163 Å². The summed E-state index contributed by atoms with van der Waals surface area (Å²) >= 11 is 0. The number of furan rings is 1. The molecule has 1 aliphatic rings. The fourth-order valence-corrected chi connectivity index (χ4v) is 4.22. The standard InChI is InChI=1S/C23H21N3O2/c1-26-13-19(16-4-3-15-7-10-28-22(15)11-16)17-5-6-18(21-12-24-8-9-25-21)23(27-2)20(17)14-26/h3-12,19H,13-14H2,1-2H3. The smallest absolute Gasteiger partial charge is 0.134 e. The highest BCUT2D eigenvalue weighted by molar-refractivity contribution is 5.78. The maximum Gasteiger partial charge on any atom is 0.134 e. The Morgan fingerprint density at radius 1 is 1.14 bits per heavy atom. The van der Waals surface area contributed by atoms with Gasteiger partial charge >= 0.3 is 0 Å². The summed E-state index contributed by atoms with van der Waals surface area (Å²) in [6.45, 7) is 1.79. The van der Waals surface area contributed by atoms with Crippen LogP contribution in [0.1, 0.15) is 22.6 Å². The number of aromatic nitrogens is 2. The SMILES string of the molecule is COc1c(-c2cnccn2)ccc2c1CN(C)CC2c1ccc2ccoc2c1. The summed E-state index contributed by atoms with van der Waals surface area (Å²) in [5.41, 5.74) is 6.49. The average Bonchev–Trinajstić information content (AvgIpc) is 3.20. The molecule has 4 aromatic rings.